The Morgan fingerprint density at radius 3 is 2.32 bits per heavy atom. The van der Waals surface area contributed by atoms with Crippen LogP contribution in [0.15, 0.2) is 106 Å². The van der Waals surface area contributed by atoms with E-state index in [9.17, 15) is 0 Å². The van der Waals surface area contributed by atoms with Crippen molar-refractivity contribution >= 4 is 64.4 Å². The lowest BCUT2D eigenvalue weighted by molar-refractivity contribution is 0.379. The third-order valence-electron chi connectivity index (χ3n) is 5.93. The van der Waals surface area contributed by atoms with Gasteiger partial charge in [0.15, 0.2) is 10.3 Å². The summed E-state index contributed by atoms with van der Waals surface area (Å²) in [5.41, 5.74) is 6.15. The van der Waals surface area contributed by atoms with Crippen LogP contribution >= 0.6 is 48.3 Å². The van der Waals surface area contributed by atoms with Gasteiger partial charge in [-0.2, -0.15) is 0 Å². The number of fused-ring (bicyclic) bond motifs is 2. The highest BCUT2D eigenvalue weighted by Gasteiger charge is 2.42. The van der Waals surface area contributed by atoms with Crippen molar-refractivity contribution in [3.63, 3.8) is 0 Å². The van der Waals surface area contributed by atoms with Crippen molar-refractivity contribution in [2.75, 3.05) is 5.75 Å². The van der Waals surface area contributed by atoms with Gasteiger partial charge in [-0.15, -0.1) is 24.8 Å². The van der Waals surface area contributed by atoms with Crippen molar-refractivity contribution < 1.29 is 0 Å². The fourth-order valence-electron chi connectivity index (χ4n) is 4.39. The Morgan fingerprint density at radius 2 is 1.56 bits per heavy atom. The molecule has 0 saturated carbocycles. The van der Waals surface area contributed by atoms with Crippen molar-refractivity contribution in [2.24, 2.45) is 9.98 Å². The molecular formula is C26H24Cl2N4S2. The SMILES string of the molecule is C1=C(CSC2=Nc3ccccc3CN2)N2C(=NC(c3ccccc3)C2c2ccccc2)S1.Cl.Cl. The lowest BCUT2D eigenvalue weighted by atomic mass is 9.93. The summed E-state index contributed by atoms with van der Waals surface area (Å²) in [6.45, 7) is 0.828. The Bertz CT molecular complexity index is 1230. The average Bonchev–Trinajstić information content (AvgIpc) is 3.43. The van der Waals surface area contributed by atoms with E-state index in [2.05, 4.69) is 94.5 Å². The zero-order chi connectivity index (χ0) is 21.3. The summed E-state index contributed by atoms with van der Waals surface area (Å²) in [5.74, 6) is 0.852. The second-order valence-corrected chi connectivity index (χ2v) is 9.71. The van der Waals surface area contributed by atoms with Crippen LogP contribution in [0.25, 0.3) is 0 Å². The maximum Gasteiger partial charge on any atom is 0.169 e. The number of rotatable bonds is 4. The van der Waals surface area contributed by atoms with Gasteiger partial charge in [0.25, 0.3) is 0 Å². The quantitative estimate of drug-likeness (QED) is 0.393. The fraction of sp³-hybridized carbons (Fsp3) is 0.154. The molecule has 0 aromatic heterocycles. The number of amidine groups is 2. The topological polar surface area (TPSA) is 40.0 Å². The summed E-state index contributed by atoms with van der Waals surface area (Å²) < 4.78 is 0. The van der Waals surface area contributed by atoms with Gasteiger partial charge in [0.2, 0.25) is 0 Å². The molecule has 3 heterocycles. The molecule has 6 rings (SSSR count). The Kier molecular flexibility index (Phi) is 7.94. The maximum absolute atomic E-state index is 5.15. The molecule has 3 aliphatic heterocycles. The van der Waals surface area contributed by atoms with Gasteiger partial charge in [0.1, 0.15) is 6.04 Å². The molecule has 34 heavy (non-hydrogen) atoms. The Balaban J connectivity index is 0.00000137. The van der Waals surface area contributed by atoms with Gasteiger partial charge in [-0.25, -0.2) is 4.99 Å². The molecular weight excluding hydrogens is 503 g/mol. The maximum atomic E-state index is 5.15. The van der Waals surface area contributed by atoms with Crippen LogP contribution in [0.5, 0.6) is 0 Å². The van der Waals surface area contributed by atoms with Gasteiger partial charge >= 0.3 is 0 Å². The summed E-state index contributed by atoms with van der Waals surface area (Å²) >= 11 is 3.50. The van der Waals surface area contributed by atoms with Crippen LogP contribution in [0, 0.1) is 0 Å². The number of para-hydroxylation sites is 1. The molecule has 174 valence electrons. The smallest absolute Gasteiger partial charge is 0.169 e. The molecule has 8 heteroatoms. The first-order chi connectivity index (χ1) is 15.9. The van der Waals surface area contributed by atoms with E-state index in [1.54, 1.807) is 23.5 Å². The van der Waals surface area contributed by atoms with E-state index in [4.69, 9.17) is 9.98 Å². The summed E-state index contributed by atoms with van der Waals surface area (Å²) in [4.78, 5) is 12.4. The molecule has 0 amide bonds. The zero-order valence-electron chi connectivity index (χ0n) is 18.2. The minimum atomic E-state index is 0. The molecule has 2 unspecified atom stereocenters. The lowest BCUT2D eigenvalue weighted by Crippen LogP contribution is -2.29. The van der Waals surface area contributed by atoms with Gasteiger partial charge in [0, 0.05) is 18.0 Å². The Hall–Kier alpha value is -2.38. The Morgan fingerprint density at radius 1 is 0.882 bits per heavy atom. The van der Waals surface area contributed by atoms with E-state index in [-0.39, 0.29) is 36.9 Å². The third kappa shape index (κ3) is 4.73. The largest absolute Gasteiger partial charge is 0.360 e. The monoisotopic (exact) mass is 526 g/mol. The summed E-state index contributed by atoms with van der Waals surface area (Å²) in [6.07, 6.45) is 0. The molecule has 0 fully saturated rings. The standard InChI is InChI=1S/C26H22N4S2.2ClH/c1-3-9-18(10-4-1)23-24(19-11-5-2-6-12-19)30-21(17-32-26(30)29-23)16-31-25-27-15-20-13-7-8-14-22(20)28-25;;/h1-14,17,23-24H,15-16H2,(H,27,28);2*1H. The molecule has 1 N–H and O–H groups in total. The molecule has 3 aromatic carbocycles. The van der Waals surface area contributed by atoms with Crippen LogP contribution < -0.4 is 5.32 Å². The predicted octanol–water partition coefficient (Wildman–Crippen LogP) is 7.10. The van der Waals surface area contributed by atoms with E-state index in [0.717, 1.165) is 28.3 Å². The van der Waals surface area contributed by atoms with Crippen LogP contribution in [-0.2, 0) is 6.54 Å². The normalized spacial score (nSPS) is 20.0. The van der Waals surface area contributed by atoms with Gasteiger partial charge in [-0.05, 0) is 28.2 Å². The molecule has 0 bridgehead atoms. The molecule has 2 atom stereocenters. The highest BCUT2D eigenvalue weighted by molar-refractivity contribution is 8.17. The molecule has 0 aliphatic carbocycles. The van der Waals surface area contributed by atoms with Crippen LogP contribution in [-0.4, -0.2) is 21.0 Å². The van der Waals surface area contributed by atoms with Gasteiger partial charge in [-0.1, -0.05) is 102 Å². The molecule has 3 aromatic rings. The van der Waals surface area contributed by atoms with Crippen molar-refractivity contribution in [3.8, 4) is 0 Å². The second-order valence-electron chi connectivity index (χ2n) is 7.91. The second kappa shape index (κ2) is 10.9. The van der Waals surface area contributed by atoms with Crippen LogP contribution in [0.4, 0.5) is 5.69 Å². The highest BCUT2D eigenvalue weighted by atomic mass is 35.5. The summed E-state index contributed by atoms with van der Waals surface area (Å²) in [5, 5.41) is 7.79. The minimum absolute atomic E-state index is 0. The summed E-state index contributed by atoms with van der Waals surface area (Å²) in [6, 6.07) is 30.0. The highest BCUT2D eigenvalue weighted by Crippen LogP contribution is 2.49. The average molecular weight is 528 g/mol. The van der Waals surface area contributed by atoms with Gasteiger partial charge < -0.3 is 10.2 Å². The number of benzene rings is 3. The van der Waals surface area contributed by atoms with Crippen LogP contribution in [0.2, 0.25) is 0 Å². The minimum Gasteiger partial charge on any atom is -0.360 e. The van der Waals surface area contributed by atoms with E-state index in [1.807, 2.05) is 6.07 Å². The van der Waals surface area contributed by atoms with E-state index in [0.29, 0.717) is 0 Å². The number of nitrogens with zero attached hydrogens (tertiary/aromatic N) is 3. The molecule has 0 saturated heterocycles. The van der Waals surface area contributed by atoms with E-state index >= 15 is 0 Å². The third-order valence-corrected chi connectivity index (χ3v) is 7.78. The molecule has 3 aliphatic rings. The van der Waals surface area contributed by atoms with Gasteiger partial charge in [0.05, 0.1) is 11.7 Å². The zero-order valence-corrected chi connectivity index (χ0v) is 21.5. The first-order valence-electron chi connectivity index (χ1n) is 10.7. The molecule has 0 spiro atoms. The van der Waals surface area contributed by atoms with E-state index < -0.39 is 0 Å². The van der Waals surface area contributed by atoms with Crippen LogP contribution in [0.3, 0.4) is 0 Å². The number of hydrogen-bond acceptors (Lipinski definition) is 6. The lowest BCUT2D eigenvalue weighted by Gasteiger charge is -2.30. The molecule has 4 nitrogen and oxygen atoms in total. The number of nitrogens with one attached hydrogen (secondary N) is 1. The first kappa shape index (κ1) is 24.7. The van der Waals surface area contributed by atoms with Crippen molar-refractivity contribution in [2.45, 2.75) is 18.6 Å². The Labute approximate surface area is 220 Å². The molecule has 0 radical (unpaired) electrons. The first-order valence-corrected chi connectivity index (χ1v) is 12.6. The number of aliphatic imine (C=N–C) groups is 2. The van der Waals surface area contributed by atoms with Crippen molar-refractivity contribution in [1.82, 2.24) is 10.2 Å². The van der Waals surface area contributed by atoms with Crippen LogP contribution in [0.1, 0.15) is 28.8 Å². The van der Waals surface area contributed by atoms with Gasteiger partial charge in [-0.3, -0.25) is 4.99 Å². The number of thioether (sulfide) groups is 2. The predicted molar refractivity (Wildman–Crippen MR) is 151 cm³/mol. The van der Waals surface area contributed by atoms with Crippen molar-refractivity contribution in [1.29, 1.82) is 0 Å². The number of hydrogen-bond donors (Lipinski definition) is 1. The van der Waals surface area contributed by atoms with Crippen molar-refractivity contribution in [3.05, 3.63) is 113 Å². The summed E-state index contributed by atoms with van der Waals surface area (Å²) in [7, 11) is 0. The number of halogens is 2. The fourth-order valence-corrected chi connectivity index (χ4v) is 6.29. The van der Waals surface area contributed by atoms with E-state index in [1.165, 1.54) is 22.4 Å².